The second-order valence-electron chi connectivity index (χ2n) is 19.0. The molecule has 0 spiro atoms. The number of allylic oxidation sites excluding steroid dienone is 7. The maximum absolute atomic E-state index is 12.2. The summed E-state index contributed by atoms with van der Waals surface area (Å²) in [4.78, 5) is 29.3. The number of hydrogen-bond donors (Lipinski definition) is 2. The highest BCUT2D eigenvalue weighted by Crippen LogP contribution is 2.52. The molecule has 0 atom stereocenters. The fourth-order valence-electron chi connectivity index (χ4n) is 10.7. The highest BCUT2D eigenvalue weighted by Gasteiger charge is 2.46. The summed E-state index contributed by atoms with van der Waals surface area (Å²) in [6.07, 6.45) is 10.3. The lowest BCUT2D eigenvalue weighted by atomic mass is 9.79. The first kappa shape index (κ1) is 50.1. The van der Waals surface area contributed by atoms with E-state index in [-0.39, 0.29) is 30.0 Å². The quantitative estimate of drug-likeness (QED) is 0.0236. The number of fused-ring (bicyclic) bond motifs is 6. The van der Waals surface area contributed by atoms with Crippen molar-refractivity contribution in [2.75, 3.05) is 36.1 Å². The molecule has 9 rings (SSSR count). The third-order valence-corrected chi connectivity index (χ3v) is 15.2. The fourth-order valence-corrected chi connectivity index (χ4v) is 11.6. The molecule has 0 saturated carbocycles. The van der Waals surface area contributed by atoms with Gasteiger partial charge in [0, 0.05) is 64.6 Å². The van der Waals surface area contributed by atoms with Crippen molar-refractivity contribution < 1.29 is 51.2 Å². The van der Waals surface area contributed by atoms with Crippen LogP contribution in [0.2, 0.25) is 0 Å². The van der Waals surface area contributed by atoms with Crippen LogP contribution in [0.3, 0.4) is 0 Å². The predicted octanol–water partition coefficient (Wildman–Crippen LogP) is 12.2. The van der Waals surface area contributed by atoms with Crippen LogP contribution in [0.15, 0.2) is 178 Å². The maximum atomic E-state index is 12.2. The maximum Gasteiger partial charge on any atom is 0.302 e. The monoisotopic (exact) mass is 1010 g/mol. The molecule has 2 heterocycles. The lowest BCUT2D eigenvalue weighted by Gasteiger charge is -2.29. The second kappa shape index (κ2) is 20.3. The van der Waals surface area contributed by atoms with Crippen LogP contribution in [0.4, 0.5) is 22.7 Å². The van der Waals surface area contributed by atoms with Crippen molar-refractivity contribution in [3.05, 3.63) is 179 Å². The van der Waals surface area contributed by atoms with E-state index in [2.05, 4.69) is 114 Å². The zero-order valence-electron chi connectivity index (χ0n) is 40.9. The van der Waals surface area contributed by atoms with Gasteiger partial charge in [0.15, 0.2) is 18.9 Å². The summed E-state index contributed by atoms with van der Waals surface area (Å²) < 4.78 is 52.3. The summed E-state index contributed by atoms with van der Waals surface area (Å²) in [5.41, 5.74) is 10.2. The molecule has 72 heavy (non-hydrogen) atoms. The van der Waals surface area contributed by atoms with Crippen LogP contribution in [0.25, 0.3) is 21.5 Å². The van der Waals surface area contributed by atoms with Crippen molar-refractivity contribution in [2.45, 2.75) is 75.0 Å². The van der Waals surface area contributed by atoms with E-state index in [1.165, 1.54) is 26.0 Å². The first-order chi connectivity index (χ1) is 34.5. The molecular weight excluding hydrogens is 951 g/mol. The Morgan fingerprint density at radius 2 is 1.39 bits per heavy atom. The number of anilines is 3. The summed E-state index contributed by atoms with van der Waals surface area (Å²) in [5.74, 6) is -0.723. The fraction of sp³-hybridized carbons (Fsp3) is 0.246. The van der Waals surface area contributed by atoms with Gasteiger partial charge in [-0.05, 0) is 132 Å². The average Bonchev–Trinajstić information content (AvgIpc) is 3.92. The van der Waals surface area contributed by atoms with E-state index in [0.29, 0.717) is 18.5 Å². The van der Waals surface area contributed by atoms with Crippen molar-refractivity contribution in [3.8, 4) is 0 Å². The molecule has 370 valence electrons. The minimum absolute atomic E-state index is 0.149. The molecule has 13 nitrogen and oxygen atoms in total. The van der Waals surface area contributed by atoms with E-state index in [9.17, 15) is 22.6 Å². The Morgan fingerprint density at radius 3 is 2.06 bits per heavy atom. The highest BCUT2D eigenvalue weighted by molar-refractivity contribution is 7.94. The van der Waals surface area contributed by atoms with Gasteiger partial charge in [0.1, 0.15) is 6.61 Å². The highest BCUT2D eigenvalue weighted by atomic mass is 32.2. The van der Waals surface area contributed by atoms with Crippen molar-refractivity contribution in [1.29, 1.82) is 0 Å². The van der Waals surface area contributed by atoms with Crippen LogP contribution in [0.1, 0.15) is 65.5 Å². The number of hydrogen-bond acceptors (Lipinski definition) is 12. The summed E-state index contributed by atoms with van der Waals surface area (Å²) in [6, 6.07) is 39.3. The van der Waals surface area contributed by atoms with Crippen LogP contribution >= 0.6 is 12.0 Å². The molecule has 2 N–H and O–H groups in total. The Hall–Kier alpha value is -6.85. The Balaban J connectivity index is 1.20. The number of para-hydroxylation sites is 2. The molecule has 6 aromatic carbocycles. The number of carbonyl (C=O) groups excluding carboxylic acids is 2. The number of esters is 2. The zero-order valence-corrected chi connectivity index (χ0v) is 42.6. The van der Waals surface area contributed by atoms with Crippen LogP contribution in [0.5, 0.6) is 0 Å². The van der Waals surface area contributed by atoms with Crippen LogP contribution in [0, 0.1) is 0 Å². The lowest BCUT2D eigenvalue weighted by Crippen LogP contribution is -2.29. The van der Waals surface area contributed by atoms with Crippen molar-refractivity contribution in [3.63, 3.8) is 0 Å². The first-order valence-corrected chi connectivity index (χ1v) is 25.9. The van der Waals surface area contributed by atoms with Gasteiger partial charge in [0.2, 0.25) is 5.69 Å². The molecule has 0 amide bonds. The van der Waals surface area contributed by atoms with Gasteiger partial charge in [-0.3, -0.25) is 14.1 Å². The molecule has 2 aliphatic heterocycles. The van der Waals surface area contributed by atoms with Gasteiger partial charge in [0.25, 0.3) is 10.1 Å². The van der Waals surface area contributed by atoms with E-state index in [1.807, 2.05) is 60.7 Å². The predicted molar refractivity (Wildman–Crippen MR) is 281 cm³/mol. The Bertz CT molecular complexity index is 3360. The normalized spacial score (nSPS) is 17.2. The standard InChI is InChI=1S/C57H55N3O10S2/c1-37(61)67-33-31-58-49-27-19-41-35-45(71-70-69-63)23-25-47(41)53(49)56(3,4)51(58)29-21-39-17-18-40(55(39)60(43-13-9-7-10-14-43)44-15-11-8-12-16-44)22-30-52-57(5,6)54-48-26-24-46(72(64,65)66)36-42(48)20-28-50(54)59(52)32-34-68-38(2)62/h7-16,19-30,35-36H,17-18,31-34H2,1-6H3,(H-,63,64,65,66)/p+1. The van der Waals surface area contributed by atoms with Gasteiger partial charge in [-0.25, -0.2) is 5.26 Å². The van der Waals surface area contributed by atoms with Crippen LogP contribution in [-0.4, -0.2) is 66.8 Å². The zero-order chi connectivity index (χ0) is 51.0. The SMILES string of the molecule is CC(=O)OCCN1C(=CC=C2CCC(C=CC3=[N+](CCOC(C)=O)c4ccc5cc(S(=O)(=O)O)ccc5c4C3(C)C)=C2N(c2ccccc2)c2ccccc2)C(C)(C)c2c1ccc1cc(SOOO)ccc21. The van der Waals surface area contributed by atoms with Crippen LogP contribution < -0.4 is 9.80 Å². The molecule has 0 fully saturated rings. The number of nitrogens with zero attached hydrogens (tertiary/aromatic N) is 3. The first-order valence-electron chi connectivity index (χ1n) is 23.7. The molecule has 0 unspecified atom stereocenters. The van der Waals surface area contributed by atoms with E-state index in [4.69, 9.17) is 19.1 Å². The van der Waals surface area contributed by atoms with Gasteiger partial charge in [-0.2, -0.15) is 13.0 Å². The molecule has 0 aromatic heterocycles. The van der Waals surface area contributed by atoms with Gasteiger partial charge in [-0.1, -0.05) is 85.6 Å². The van der Waals surface area contributed by atoms with Gasteiger partial charge in [0.05, 0.1) is 34.6 Å². The third kappa shape index (κ3) is 9.75. The number of carbonyl (C=O) groups is 2. The summed E-state index contributed by atoms with van der Waals surface area (Å²) in [6.45, 7) is 12.7. The third-order valence-electron chi connectivity index (χ3n) is 13.7. The van der Waals surface area contributed by atoms with Crippen molar-refractivity contribution in [1.82, 2.24) is 0 Å². The van der Waals surface area contributed by atoms with Crippen molar-refractivity contribution >= 4 is 84.1 Å². The topological polar surface area (TPSA) is 155 Å². The minimum Gasteiger partial charge on any atom is -0.464 e. The van der Waals surface area contributed by atoms with Gasteiger partial charge in [-0.15, -0.1) is 4.33 Å². The number of benzene rings is 6. The molecule has 6 aromatic rings. The summed E-state index contributed by atoms with van der Waals surface area (Å²) >= 11 is 0.911. The Kier molecular flexibility index (Phi) is 14.2. The second-order valence-corrected chi connectivity index (χ2v) is 21.2. The molecule has 0 saturated heterocycles. The Morgan fingerprint density at radius 1 is 0.750 bits per heavy atom. The molecule has 0 radical (unpaired) electrons. The lowest BCUT2D eigenvalue weighted by molar-refractivity contribution is -0.440. The van der Waals surface area contributed by atoms with Gasteiger partial charge < -0.3 is 19.3 Å². The molecule has 1 aliphatic carbocycles. The average molecular weight is 1010 g/mol. The van der Waals surface area contributed by atoms with E-state index in [0.717, 1.165) is 108 Å². The molecule has 0 bridgehead atoms. The van der Waals surface area contributed by atoms with Crippen molar-refractivity contribution in [2.24, 2.45) is 0 Å². The largest absolute Gasteiger partial charge is 0.464 e. The van der Waals surface area contributed by atoms with Gasteiger partial charge >= 0.3 is 11.9 Å². The summed E-state index contributed by atoms with van der Waals surface area (Å²) in [7, 11) is -4.43. The Labute approximate surface area is 423 Å². The molecule has 3 aliphatic rings. The molecular formula is C57H56N3O10S2+. The van der Waals surface area contributed by atoms with Crippen LogP contribution in [-0.2, 0) is 49.4 Å². The number of rotatable bonds is 16. The molecule has 15 heteroatoms. The van der Waals surface area contributed by atoms with E-state index in [1.54, 1.807) is 6.07 Å². The number of ether oxygens (including phenoxy) is 2. The summed E-state index contributed by atoms with van der Waals surface area (Å²) in [5, 5.41) is 16.2. The van der Waals surface area contributed by atoms with E-state index < -0.39 is 20.9 Å². The smallest absolute Gasteiger partial charge is 0.302 e. The van der Waals surface area contributed by atoms with E-state index >= 15 is 0 Å². The minimum atomic E-state index is -4.43.